The van der Waals surface area contributed by atoms with Crippen molar-refractivity contribution < 1.29 is 14.6 Å². The van der Waals surface area contributed by atoms with Gasteiger partial charge in [0.2, 0.25) is 0 Å². The molecule has 0 saturated carbocycles. The minimum absolute atomic E-state index is 0.127. The van der Waals surface area contributed by atoms with Crippen LogP contribution in [0.5, 0.6) is 0 Å². The minimum atomic E-state index is -1.05. The third kappa shape index (κ3) is 4.71. The third-order valence-corrected chi connectivity index (χ3v) is 3.24. The van der Waals surface area contributed by atoms with Crippen molar-refractivity contribution in [3.05, 3.63) is 0 Å². The Morgan fingerprint density at radius 2 is 1.85 bits per heavy atom. The molecule has 110 valence electrons. The van der Waals surface area contributed by atoms with Crippen LogP contribution in [-0.4, -0.2) is 40.4 Å². The van der Waals surface area contributed by atoms with E-state index in [0.717, 1.165) is 0 Å². The van der Waals surface area contributed by atoms with Gasteiger partial charge in [-0.15, -0.1) is 0 Å². The molecule has 0 unspecified atom stereocenters. The first-order valence-electron chi connectivity index (χ1n) is 6.69. The lowest BCUT2D eigenvalue weighted by atomic mass is 9.84. The highest BCUT2D eigenvalue weighted by Crippen LogP contribution is 2.29. The lowest BCUT2D eigenvalue weighted by Crippen LogP contribution is -2.48. The Hall–Kier alpha value is -1.79. The molecule has 0 bridgehead atoms. The van der Waals surface area contributed by atoms with Crippen LogP contribution in [0.3, 0.4) is 0 Å². The van der Waals surface area contributed by atoms with Crippen molar-refractivity contribution in [2.75, 3.05) is 13.1 Å². The van der Waals surface area contributed by atoms with E-state index in [1.54, 1.807) is 25.7 Å². The topological polar surface area (TPSA) is 97.3 Å². The van der Waals surface area contributed by atoms with Gasteiger partial charge in [0.25, 0.3) is 0 Å². The summed E-state index contributed by atoms with van der Waals surface area (Å²) < 4.78 is 5.27. The Bertz CT molecular complexity index is 420. The molecule has 20 heavy (non-hydrogen) atoms. The van der Waals surface area contributed by atoms with Gasteiger partial charge in [0.05, 0.1) is 17.7 Å². The van der Waals surface area contributed by atoms with Crippen LogP contribution < -0.4 is 0 Å². The number of piperidine rings is 1. The van der Waals surface area contributed by atoms with Crippen LogP contribution in [-0.2, 0) is 4.74 Å². The summed E-state index contributed by atoms with van der Waals surface area (Å²) in [6, 6.07) is 3.73. The van der Waals surface area contributed by atoms with Gasteiger partial charge in [0.1, 0.15) is 11.5 Å². The molecule has 1 amide bonds. The SMILES string of the molecule is CC(C)(C)OC(=O)N1CCC(O)(CC(C#N)C#N)CC1. The van der Waals surface area contributed by atoms with Crippen LogP contribution in [0.1, 0.15) is 40.0 Å². The van der Waals surface area contributed by atoms with Crippen LogP contribution in [0.4, 0.5) is 4.79 Å². The second-order valence-corrected chi connectivity index (χ2v) is 6.21. The summed E-state index contributed by atoms with van der Waals surface area (Å²) in [4.78, 5) is 13.4. The smallest absolute Gasteiger partial charge is 0.410 e. The van der Waals surface area contributed by atoms with E-state index in [4.69, 9.17) is 15.3 Å². The van der Waals surface area contributed by atoms with Gasteiger partial charge in [0.15, 0.2) is 0 Å². The largest absolute Gasteiger partial charge is 0.444 e. The molecular weight excluding hydrogens is 258 g/mol. The first kappa shape index (κ1) is 16.3. The van der Waals surface area contributed by atoms with E-state index in [1.807, 2.05) is 12.1 Å². The highest BCUT2D eigenvalue weighted by atomic mass is 16.6. The van der Waals surface area contributed by atoms with E-state index in [9.17, 15) is 9.90 Å². The maximum atomic E-state index is 11.9. The number of rotatable bonds is 2. The second-order valence-electron chi connectivity index (χ2n) is 6.21. The summed E-state index contributed by atoms with van der Waals surface area (Å²) in [7, 11) is 0. The molecule has 1 saturated heterocycles. The summed E-state index contributed by atoms with van der Waals surface area (Å²) in [6.45, 7) is 6.14. The number of carbonyl (C=O) groups is 1. The number of nitriles is 2. The molecule has 1 rings (SSSR count). The van der Waals surface area contributed by atoms with Gasteiger partial charge >= 0.3 is 6.09 Å². The molecule has 0 aliphatic carbocycles. The van der Waals surface area contributed by atoms with Crippen molar-refractivity contribution in [2.45, 2.75) is 51.2 Å². The quantitative estimate of drug-likeness (QED) is 0.831. The minimum Gasteiger partial charge on any atom is -0.444 e. The molecule has 0 aromatic heterocycles. The van der Waals surface area contributed by atoms with Crippen molar-refractivity contribution in [3.63, 3.8) is 0 Å². The van der Waals surface area contributed by atoms with Gasteiger partial charge < -0.3 is 14.7 Å². The number of aliphatic hydroxyl groups is 1. The second kappa shape index (κ2) is 6.11. The Morgan fingerprint density at radius 3 is 2.25 bits per heavy atom. The zero-order chi connectivity index (χ0) is 15.4. The van der Waals surface area contributed by atoms with Crippen LogP contribution in [0, 0.1) is 28.6 Å². The molecule has 0 aromatic rings. The maximum Gasteiger partial charge on any atom is 0.410 e. The number of ether oxygens (including phenoxy) is 1. The van der Waals surface area contributed by atoms with Gasteiger partial charge in [-0.05, 0) is 33.6 Å². The van der Waals surface area contributed by atoms with Crippen LogP contribution in [0.15, 0.2) is 0 Å². The normalized spacial score (nSPS) is 18.2. The van der Waals surface area contributed by atoms with Gasteiger partial charge in [-0.3, -0.25) is 0 Å². The fraction of sp³-hybridized carbons (Fsp3) is 0.786. The summed E-state index contributed by atoms with van der Waals surface area (Å²) >= 11 is 0. The van der Waals surface area contributed by atoms with E-state index in [2.05, 4.69) is 0 Å². The number of hydrogen-bond acceptors (Lipinski definition) is 5. The fourth-order valence-electron chi connectivity index (χ4n) is 2.14. The first-order chi connectivity index (χ1) is 9.19. The van der Waals surface area contributed by atoms with E-state index >= 15 is 0 Å². The number of amides is 1. The number of likely N-dealkylation sites (tertiary alicyclic amines) is 1. The van der Waals surface area contributed by atoms with Crippen molar-refractivity contribution in [2.24, 2.45) is 5.92 Å². The molecular formula is C14H21N3O3. The molecule has 0 spiro atoms. The molecule has 1 aliphatic heterocycles. The number of nitrogens with zero attached hydrogens (tertiary/aromatic N) is 3. The Balaban J connectivity index is 2.53. The van der Waals surface area contributed by atoms with Crippen LogP contribution >= 0.6 is 0 Å². The predicted molar refractivity (Wildman–Crippen MR) is 71.3 cm³/mol. The lowest BCUT2D eigenvalue weighted by molar-refractivity contribution is -0.0391. The van der Waals surface area contributed by atoms with Gasteiger partial charge in [0, 0.05) is 19.5 Å². The Labute approximate surface area is 119 Å². The van der Waals surface area contributed by atoms with Gasteiger partial charge in [-0.1, -0.05) is 0 Å². The molecule has 0 atom stereocenters. The third-order valence-electron chi connectivity index (χ3n) is 3.24. The average molecular weight is 279 g/mol. The molecule has 1 heterocycles. The fourth-order valence-corrected chi connectivity index (χ4v) is 2.14. The predicted octanol–water partition coefficient (Wildman–Crippen LogP) is 1.80. The number of carbonyl (C=O) groups excluding carboxylic acids is 1. The summed E-state index contributed by atoms with van der Waals surface area (Å²) in [6.07, 6.45) is 0.442. The van der Waals surface area contributed by atoms with Gasteiger partial charge in [-0.2, -0.15) is 10.5 Å². The van der Waals surface area contributed by atoms with Gasteiger partial charge in [-0.25, -0.2) is 4.79 Å². The van der Waals surface area contributed by atoms with E-state index in [0.29, 0.717) is 25.9 Å². The highest BCUT2D eigenvalue weighted by Gasteiger charge is 2.37. The summed E-state index contributed by atoms with van der Waals surface area (Å²) in [5.41, 5.74) is -1.59. The molecule has 6 heteroatoms. The number of hydrogen-bond donors (Lipinski definition) is 1. The Kier molecular flexibility index (Phi) is 4.97. The van der Waals surface area contributed by atoms with Crippen molar-refractivity contribution in [1.82, 2.24) is 4.90 Å². The maximum absolute atomic E-state index is 11.9. The monoisotopic (exact) mass is 279 g/mol. The molecule has 1 fully saturated rings. The average Bonchev–Trinajstić information content (AvgIpc) is 2.34. The molecule has 6 nitrogen and oxygen atoms in total. The zero-order valence-electron chi connectivity index (χ0n) is 12.2. The molecule has 0 aromatic carbocycles. The highest BCUT2D eigenvalue weighted by molar-refractivity contribution is 5.68. The van der Waals surface area contributed by atoms with Crippen LogP contribution in [0.25, 0.3) is 0 Å². The summed E-state index contributed by atoms with van der Waals surface area (Å²) in [5, 5.41) is 27.9. The van der Waals surface area contributed by atoms with Crippen LogP contribution in [0.2, 0.25) is 0 Å². The van der Waals surface area contributed by atoms with E-state index < -0.39 is 23.2 Å². The molecule has 1 aliphatic rings. The first-order valence-corrected chi connectivity index (χ1v) is 6.69. The zero-order valence-corrected chi connectivity index (χ0v) is 12.2. The van der Waals surface area contributed by atoms with Crippen molar-refractivity contribution in [1.29, 1.82) is 10.5 Å². The standard InChI is InChI=1S/C14H21N3O3/c1-13(2,3)20-12(18)17-6-4-14(19,5-7-17)8-11(9-15)10-16/h11,19H,4-8H2,1-3H3. The van der Waals surface area contributed by atoms with Crippen molar-refractivity contribution >= 4 is 6.09 Å². The van der Waals surface area contributed by atoms with Crippen molar-refractivity contribution in [3.8, 4) is 12.1 Å². The Morgan fingerprint density at radius 1 is 1.35 bits per heavy atom. The molecule has 0 radical (unpaired) electrons. The summed E-state index contributed by atoms with van der Waals surface area (Å²) in [5.74, 6) is -0.812. The lowest BCUT2D eigenvalue weighted by Gasteiger charge is -2.38. The van der Waals surface area contributed by atoms with E-state index in [-0.39, 0.29) is 6.42 Å². The van der Waals surface area contributed by atoms with E-state index in [1.165, 1.54) is 0 Å². The molecule has 1 N–H and O–H groups in total.